The van der Waals surface area contributed by atoms with Crippen molar-refractivity contribution in [1.82, 2.24) is 10.2 Å². The molecular formula is C14H15N3O2S2. The molecule has 1 aromatic heterocycles. The van der Waals surface area contributed by atoms with Crippen molar-refractivity contribution in [3.63, 3.8) is 0 Å². The average Bonchev–Trinajstić information content (AvgIpc) is 2.92. The molecule has 1 aromatic carbocycles. The van der Waals surface area contributed by atoms with Gasteiger partial charge in [-0.1, -0.05) is 47.4 Å². The van der Waals surface area contributed by atoms with Crippen LogP contribution in [0.1, 0.15) is 17.3 Å². The Morgan fingerprint density at radius 1 is 1.43 bits per heavy atom. The summed E-state index contributed by atoms with van der Waals surface area (Å²) in [7, 11) is 1.53. The standard InChI is InChI=1S/C14H15N3O2S2/c1-9(2)8-20-14-17-16-13(21-14)15-12(18)10-6-4-5-7-11(10)19-3/h4-7H,1,8H2,2-3H3,(H,15,16,18). The predicted octanol–water partition coefficient (Wildman–Crippen LogP) is 3.47. The normalized spacial score (nSPS) is 10.2. The SMILES string of the molecule is C=C(C)CSc1nnc(NC(=O)c2ccccc2OC)s1. The number of rotatable bonds is 6. The summed E-state index contributed by atoms with van der Waals surface area (Å²) >= 11 is 2.89. The van der Waals surface area contributed by atoms with E-state index < -0.39 is 0 Å². The van der Waals surface area contributed by atoms with Crippen LogP contribution in [0, 0.1) is 0 Å². The summed E-state index contributed by atoms with van der Waals surface area (Å²) in [5, 5.41) is 11.2. The van der Waals surface area contributed by atoms with Gasteiger partial charge < -0.3 is 4.74 Å². The van der Waals surface area contributed by atoms with Crippen molar-refractivity contribution in [3.8, 4) is 5.75 Å². The number of amides is 1. The number of hydrogen-bond acceptors (Lipinski definition) is 6. The Balaban J connectivity index is 2.04. The van der Waals surface area contributed by atoms with Crippen LogP contribution in [0.25, 0.3) is 0 Å². The van der Waals surface area contributed by atoms with Crippen LogP contribution in [-0.2, 0) is 0 Å². The summed E-state index contributed by atoms with van der Waals surface area (Å²) in [5.41, 5.74) is 1.53. The second-order valence-corrected chi connectivity index (χ2v) is 6.47. The lowest BCUT2D eigenvalue weighted by Crippen LogP contribution is -2.12. The first-order valence-electron chi connectivity index (χ1n) is 6.15. The van der Waals surface area contributed by atoms with Crippen molar-refractivity contribution in [2.75, 3.05) is 18.2 Å². The molecule has 0 aliphatic carbocycles. The summed E-state index contributed by atoms with van der Waals surface area (Å²) in [6, 6.07) is 7.04. The van der Waals surface area contributed by atoms with E-state index in [-0.39, 0.29) is 5.91 Å². The highest BCUT2D eigenvalue weighted by atomic mass is 32.2. The quantitative estimate of drug-likeness (QED) is 0.501. The Hall–Kier alpha value is -1.86. The van der Waals surface area contributed by atoms with Crippen LogP contribution in [-0.4, -0.2) is 29.0 Å². The Morgan fingerprint density at radius 2 is 2.19 bits per heavy atom. The van der Waals surface area contributed by atoms with Gasteiger partial charge in [-0.25, -0.2) is 0 Å². The summed E-state index contributed by atoms with van der Waals surface area (Å²) in [6.07, 6.45) is 0. The summed E-state index contributed by atoms with van der Waals surface area (Å²) in [6.45, 7) is 5.79. The maximum Gasteiger partial charge on any atom is 0.261 e. The van der Waals surface area contributed by atoms with Crippen LogP contribution in [0.15, 0.2) is 40.8 Å². The van der Waals surface area contributed by atoms with Crippen molar-refractivity contribution in [3.05, 3.63) is 42.0 Å². The minimum absolute atomic E-state index is 0.264. The van der Waals surface area contributed by atoms with Gasteiger partial charge >= 0.3 is 0 Å². The molecule has 2 rings (SSSR count). The Morgan fingerprint density at radius 3 is 2.90 bits per heavy atom. The third-order valence-corrected chi connectivity index (χ3v) is 4.62. The van der Waals surface area contributed by atoms with Gasteiger partial charge in [0.15, 0.2) is 4.34 Å². The van der Waals surface area contributed by atoms with Gasteiger partial charge in [-0.3, -0.25) is 10.1 Å². The van der Waals surface area contributed by atoms with Crippen molar-refractivity contribution >= 4 is 34.1 Å². The molecule has 0 fully saturated rings. The molecule has 7 heteroatoms. The van der Waals surface area contributed by atoms with E-state index in [1.807, 2.05) is 13.0 Å². The molecule has 0 aliphatic rings. The number of anilines is 1. The smallest absolute Gasteiger partial charge is 0.261 e. The number of hydrogen-bond donors (Lipinski definition) is 1. The lowest BCUT2D eigenvalue weighted by atomic mass is 10.2. The highest BCUT2D eigenvalue weighted by Gasteiger charge is 2.14. The van der Waals surface area contributed by atoms with Crippen LogP contribution in [0.5, 0.6) is 5.75 Å². The van der Waals surface area contributed by atoms with E-state index in [4.69, 9.17) is 4.74 Å². The molecule has 0 aliphatic heterocycles. The van der Waals surface area contributed by atoms with E-state index in [0.717, 1.165) is 15.7 Å². The zero-order valence-electron chi connectivity index (χ0n) is 11.8. The minimum atomic E-state index is -0.264. The predicted molar refractivity (Wildman–Crippen MR) is 86.4 cm³/mol. The van der Waals surface area contributed by atoms with E-state index >= 15 is 0 Å². The molecule has 110 valence electrons. The van der Waals surface area contributed by atoms with E-state index in [1.165, 1.54) is 18.4 Å². The fraction of sp³-hybridized carbons (Fsp3) is 0.214. The third-order valence-electron chi connectivity index (χ3n) is 2.42. The van der Waals surface area contributed by atoms with Gasteiger partial charge in [0.2, 0.25) is 5.13 Å². The zero-order chi connectivity index (χ0) is 15.2. The molecule has 21 heavy (non-hydrogen) atoms. The number of nitrogens with zero attached hydrogens (tertiary/aromatic N) is 2. The monoisotopic (exact) mass is 321 g/mol. The van der Waals surface area contributed by atoms with Gasteiger partial charge in [-0.05, 0) is 19.1 Å². The molecule has 0 bridgehead atoms. The number of para-hydroxylation sites is 1. The van der Waals surface area contributed by atoms with E-state index in [0.29, 0.717) is 16.4 Å². The molecule has 5 nitrogen and oxygen atoms in total. The van der Waals surface area contributed by atoms with Gasteiger partial charge in [0.25, 0.3) is 5.91 Å². The second-order valence-electron chi connectivity index (χ2n) is 4.27. The van der Waals surface area contributed by atoms with Crippen LogP contribution < -0.4 is 10.1 Å². The molecular weight excluding hydrogens is 306 g/mol. The van der Waals surface area contributed by atoms with Gasteiger partial charge in [-0.15, -0.1) is 10.2 Å². The number of carbonyl (C=O) groups is 1. The van der Waals surface area contributed by atoms with Crippen LogP contribution in [0.4, 0.5) is 5.13 Å². The zero-order valence-corrected chi connectivity index (χ0v) is 13.4. The Bertz CT molecular complexity index is 655. The fourth-order valence-corrected chi connectivity index (χ4v) is 3.09. The van der Waals surface area contributed by atoms with Gasteiger partial charge in [0, 0.05) is 5.75 Å². The molecule has 2 aromatic rings. The van der Waals surface area contributed by atoms with E-state index in [1.54, 1.807) is 30.0 Å². The lowest BCUT2D eigenvalue weighted by Gasteiger charge is -2.06. The third kappa shape index (κ3) is 4.30. The number of methoxy groups -OCH3 is 1. The number of thioether (sulfide) groups is 1. The number of carbonyl (C=O) groups excluding carboxylic acids is 1. The largest absolute Gasteiger partial charge is 0.496 e. The van der Waals surface area contributed by atoms with Crippen LogP contribution >= 0.6 is 23.1 Å². The summed E-state index contributed by atoms with van der Waals surface area (Å²) in [4.78, 5) is 12.2. The molecule has 0 saturated heterocycles. The summed E-state index contributed by atoms with van der Waals surface area (Å²) in [5.74, 6) is 1.05. The number of aromatic nitrogens is 2. The topological polar surface area (TPSA) is 64.1 Å². The van der Waals surface area contributed by atoms with Crippen molar-refractivity contribution < 1.29 is 9.53 Å². The van der Waals surface area contributed by atoms with Crippen molar-refractivity contribution in [2.24, 2.45) is 0 Å². The molecule has 1 amide bonds. The molecule has 1 N–H and O–H groups in total. The molecule has 0 atom stereocenters. The van der Waals surface area contributed by atoms with Gasteiger partial charge in [-0.2, -0.15) is 0 Å². The number of nitrogens with one attached hydrogen (secondary N) is 1. The van der Waals surface area contributed by atoms with Gasteiger partial charge in [0.1, 0.15) is 5.75 Å². The van der Waals surface area contributed by atoms with Crippen molar-refractivity contribution in [1.29, 1.82) is 0 Å². The maximum atomic E-state index is 12.2. The number of benzene rings is 1. The Labute approximate surface area is 131 Å². The molecule has 0 unspecified atom stereocenters. The van der Waals surface area contributed by atoms with Crippen molar-refractivity contribution in [2.45, 2.75) is 11.3 Å². The van der Waals surface area contributed by atoms with Gasteiger partial charge in [0.05, 0.1) is 12.7 Å². The molecule has 1 heterocycles. The van der Waals surface area contributed by atoms with Crippen LogP contribution in [0.3, 0.4) is 0 Å². The summed E-state index contributed by atoms with van der Waals surface area (Å²) < 4.78 is 5.97. The lowest BCUT2D eigenvalue weighted by molar-refractivity contribution is 0.102. The molecule has 0 spiro atoms. The number of ether oxygens (including phenoxy) is 1. The molecule has 0 saturated carbocycles. The van der Waals surface area contributed by atoms with Crippen LogP contribution in [0.2, 0.25) is 0 Å². The maximum absolute atomic E-state index is 12.2. The van der Waals surface area contributed by atoms with E-state index in [2.05, 4.69) is 22.1 Å². The highest BCUT2D eigenvalue weighted by molar-refractivity contribution is 8.01. The fourth-order valence-electron chi connectivity index (χ4n) is 1.50. The molecule has 0 radical (unpaired) electrons. The average molecular weight is 321 g/mol. The second kappa shape index (κ2) is 7.24. The Kier molecular flexibility index (Phi) is 5.35. The minimum Gasteiger partial charge on any atom is -0.496 e. The highest BCUT2D eigenvalue weighted by Crippen LogP contribution is 2.27. The first-order valence-corrected chi connectivity index (χ1v) is 7.95. The van der Waals surface area contributed by atoms with E-state index in [9.17, 15) is 4.79 Å². The first-order chi connectivity index (χ1) is 10.1. The first kappa shape index (κ1) is 15.5.